The Morgan fingerprint density at radius 1 is 1.26 bits per heavy atom. The molecule has 1 amide bonds. The molecule has 0 radical (unpaired) electrons. The van der Waals surface area contributed by atoms with Gasteiger partial charge in [-0.15, -0.1) is 0 Å². The molecule has 1 rings (SSSR count). The third-order valence-corrected chi connectivity index (χ3v) is 2.23. The van der Waals surface area contributed by atoms with Crippen molar-refractivity contribution in [3.8, 4) is 0 Å². The van der Waals surface area contributed by atoms with Crippen LogP contribution in [0.4, 0.5) is 9.18 Å². The molecule has 2 N–H and O–H groups in total. The van der Waals surface area contributed by atoms with Gasteiger partial charge in [-0.05, 0) is 38.5 Å². The Balaban J connectivity index is 2.36. The summed E-state index contributed by atoms with van der Waals surface area (Å²) in [4.78, 5) is 11.8. The van der Waals surface area contributed by atoms with Crippen molar-refractivity contribution in [1.82, 2.24) is 10.9 Å². The van der Waals surface area contributed by atoms with Crippen LogP contribution in [0, 0.1) is 5.82 Å². The molecule has 0 aromatic heterocycles. The molecule has 0 spiro atoms. The first-order chi connectivity index (χ1) is 8.76. The van der Waals surface area contributed by atoms with E-state index in [1.165, 1.54) is 12.1 Å². The van der Waals surface area contributed by atoms with Gasteiger partial charge in [-0.2, -0.15) is 0 Å². The van der Waals surface area contributed by atoms with Gasteiger partial charge in [0, 0.05) is 6.42 Å². The van der Waals surface area contributed by atoms with Gasteiger partial charge in [-0.25, -0.2) is 14.6 Å². The lowest BCUT2D eigenvalue weighted by Crippen LogP contribution is -2.44. The lowest BCUT2D eigenvalue weighted by molar-refractivity contribution is 0.0513. The molecule has 1 aromatic carbocycles. The number of hydrogen-bond donors (Lipinski definition) is 2. The van der Waals surface area contributed by atoms with Crippen molar-refractivity contribution in [2.45, 2.75) is 32.8 Å². The van der Waals surface area contributed by atoms with Gasteiger partial charge in [-0.1, -0.05) is 24.4 Å². The summed E-state index contributed by atoms with van der Waals surface area (Å²) in [6.07, 6.45) is -0.195. The first-order valence-electron chi connectivity index (χ1n) is 5.78. The van der Waals surface area contributed by atoms with E-state index in [2.05, 4.69) is 10.9 Å². The zero-order chi connectivity index (χ0) is 14.5. The molecule has 0 bridgehead atoms. The molecule has 4 nitrogen and oxygen atoms in total. The van der Waals surface area contributed by atoms with Gasteiger partial charge in [0.25, 0.3) is 0 Å². The lowest BCUT2D eigenvalue weighted by Gasteiger charge is -2.20. The SMILES string of the molecule is CC(C)(C)OC(=O)NNC(=S)Cc1ccc(F)cc1. The van der Waals surface area contributed by atoms with Crippen LogP contribution in [-0.4, -0.2) is 16.7 Å². The van der Waals surface area contributed by atoms with Gasteiger partial charge in [0.15, 0.2) is 0 Å². The average molecular weight is 284 g/mol. The quantitative estimate of drug-likeness (QED) is 0.647. The molecule has 0 saturated heterocycles. The summed E-state index contributed by atoms with van der Waals surface area (Å²) in [5.74, 6) is -0.297. The van der Waals surface area contributed by atoms with E-state index in [0.717, 1.165) is 5.56 Å². The normalized spacial score (nSPS) is 10.7. The van der Waals surface area contributed by atoms with Crippen LogP contribution in [0.2, 0.25) is 0 Å². The van der Waals surface area contributed by atoms with E-state index in [4.69, 9.17) is 17.0 Å². The summed E-state index contributed by atoms with van der Waals surface area (Å²) in [6.45, 7) is 5.30. The summed E-state index contributed by atoms with van der Waals surface area (Å²) < 4.78 is 17.7. The number of halogens is 1. The van der Waals surface area contributed by atoms with Gasteiger partial charge >= 0.3 is 6.09 Å². The van der Waals surface area contributed by atoms with Crippen LogP contribution in [-0.2, 0) is 11.2 Å². The second-order valence-corrected chi connectivity index (χ2v) is 5.47. The highest BCUT2D eigenvalue weighted by Gasteiger charge is 2.15. The van der Waals surface area contributed by atoms with E-state index in [0.29, 0.717) is 11.4 Å². The van der Waals surface area contributed by atoms with E-state index in [-0.39, 0.29) is 5.82 Å². The zero-order valence-corrected chi connectivity index (χ0v) is 11.9. The fourth-order valence-corrected chi connectivity index (χ4v) is 1.47. The fourth-order valence-electron chi connectivity index (χ4n) is 1.26. The molecule has 0 aliphatic carbocycles. The molecule has 0 unspecified atom stereocenters. The third kappa shape index (κ3) is 6.71. The van der Waals surface area contributed by atoms with E-state index in [1.54, 1.807) is 32.9 Å². The molecule has 0 heterocycles. The number of hydrogen-bond acceptors (Lipinski definition) is 3. The van der Waals surface area contributed by atoms with Gasteiger partial charge in [0.2, 0.25) is 0 Å². The fraction of sp³-hybridized carbons (Fsp3) is 0.385. The maximum absolute atomic E-state index is 12.7. The topological polar surface area (TPSA) is 50.4 Å². The van der Waals surface area contributed by atoms with Crippen molar-refractivity contribution in [3.05, 3.63) is 35.6 Å². The summed E-state index contributed by atoms with van der Waals surface area (Å²) >= 11 is 5.05. The molecule has 1 aromatic rings. The zero-order valence-electron chi connectivity index (χ0n) is 11.1. The number of nitrogens with one attached hydrogen (secondary N) is 2. The second kappa shape index (κ2) is 6.47. The number of rotatable bonds is 2. The number of benzene rings is 1. The minimum Gasteiger partial charge on any atom is -0.443 e. The number of amides is 1. The largest absolute Gasteiger partial charge is 0.443 e. The van der Waals surface area contributed by atoms with E-state index in [9.17, 15) is 9.18 Å². The predicted octanol–water partition coefficient (Wildman–Crippen LogP) is 2.72. The van der Waals surface area contributed by atoms with Gasteiger partial charge in [0.1, 0.15) is 11.4 Å². The van der Waals surface area contributed by atoms with Crippen LogP contribution in [0.1, 0.15) is 26.3 Å². The van der Waals surface area contributed by atoms with Crippen LogP contribution in [0.15, 0.2) is 24.3 Å². The highest BCUT2D eigenvalue weighted by atomic mass is 32.1. The Kier molecular flexibility index (Phi) is 5.23. The molecule has 19 heavy (non-hydrogen) atoms. The summed E-state index contributed by atoms with van der Waals surface area (Å²) in [5, 5.41) is 0. The maximum atomic E-state index is 12.7. The van der Waals surface area contributed by atoms with Crippen molar-refractivity contribution in [3.63, 3.8) is 0 Å². The number of carbonyl (C=O) groups is 1. The third-order valence-electron chi connectivity index (χ3n) is 1.98. The minimum atomic E-state index is -0.603. The van der Waals surface area contributed by atoms with Crippen molar-refractivity contribution in [1.29, 1.82) is 0 Å². The van der Waals surface area contributed by atoms with Gasteiger partial charge in [-0.3, -0.25) is 5.43 Å². The number of hydrazine groups is 1. The average Bonchev–Trinajstić information content (AvgIpc) is 2.27. The van der Waals surface area contributed by atoms with Crippen molar-refractivity contribution in [2.24, 2.45) is 0 Å². The van der Waals surface area contributed by atoms with Gasteiger partial charge < -0.3 is 4.74 Å². The summed E-state index contributed by atoms with van der Waals surface area (Å²) in [5.41, 5.74) is 5.21. The van der Waals surface area contributed by atoms with E-state index in [1.807, 2.05) is 0 Å². The summed E-state index contributed by atoms with van der Waals surface area (Å²) in [7, 11) is 0. The molecule has 0 aliphatic rings. The van der Waals surface area contributed by atoms with Crippen LogP contribution in [0.5, 0.6) is 0 Å². The molecular formula is C13H17FN2O2S. The summed E-state index contributed by atoms with van der Waals surface area (Å²) in [6, 6.07) is 5.99. The number of thiocarbonyl (C=S) groups is 1. The predicted molar refractivity (Wildman–Crippen MR) is 75.2 cm³/mol. The highest BCUT2D eigenvalue weighted by Crippen LogP contribution is 2.06. The smallest absolute Gasteiger partial charge is 0.426 e. The molecule has 0 saturated carbocycles. The molecule has 0 aliphatic heterocycles. The molecule has 104 valence electrons. The van der Waals surface area contributed by atoms with Crippen LogP contribution in [0.25, 0.3) is 0 Å². The van der Waals surface area contributed by atoms with Gasteiger partial charge in [0.05, 0.1) is 4.99 Å². The Labute approximate surface area is 117 Å². The van der Waals surface area contributed by atoms with Crippen LogP contribution < -0.4 is 10.9 Å². The first-order valence-corrected chi connectivity index (χ1v) is 6.19. The molecule has 6 heteroatoms. The van der Waals surface area contributed by atoms with Crippen molar-refractivity contribution in [2.75, 3.05) is 0 Å². The standard InChI is InChI=1S/C13H17FN2O2S/c1-13(2,3)18-12(17)16-15-11(19)8-9-4-6-10(14)7-5-9/h4-7H,8H2,1-3H3,(H,15,19)(H,16,17). The monoisotopic (exact) mass is 284 g/mol. The Bertz CT molecular complexity index is 455. The van der Waals surface area contributed by atoms with E-state index >= 15 is 0 Å². The first kappa shape index (κ1) is 15.4. The van der Waals surface area contributed by atoms with Crippen molar-refractivity contribution >= 4 is 23.3 Å². The van der Waals surface area contributed by atoms with E-state index < -0.39 is 11.7 Å². The molecular weight excluding hydrogens is 267 g/mol. The molecule has 0 fully saturated rings. The Hall–Kier alpha value is -1.69. The second-order valence-electron chi connectivity index (χ2n) is 4.98. The van der Waals surface area contributed by atoms with Crippen LogP contribution in [0.3, 0.4) is 0 Å². The molecule has 0 atom stereocenters. The van der Waals surface area contributed by atoms with Crippen LogP contribution >= 0.6 is 12.2 Å². The Morgan fingerprint density at radius 3 is 2.37 bits per heavy atom. The number of carbonyl (C=O) groups excluding carboxylic acids is 1. The minimum absolute atomic E-state index is 0.297. The van der Waals surface area contributed by atoms with Crippen molar-refractivity contribution < 1.29 is 13.9 Å². The Morgan fingerprint density at radius 2 is 1.84 bits per heavy atom. The maximum Gasteiger partial charge on any atom is 0.426 e. The highest BCUT2D eigenvalue weighted by molar-refractivity contribution is 7.80. The number of ether oxygens (including phenoxy) is 1. The lowest BCUT2D eigenvalue weighted by atomic mass is 10.1.